The SMILES string of the molecule is N.N.N.N.[Cl-].[Cl-].[NH-]CCCCCC[NH-].[Pt+2].[Pt+2]. The Kier molecular flexibility index (Phi) is 282. The van der Waals surface area contributed by atoms with E-state index in [1.807, 2.05) is 0 Å². The molecule has 14 N–H and O–H groups in total. The van der Waals surface area contributed by atoms with Crippen molar-refractivity contribution in [2.24, 2.45) is 0 Å². The fourth-order valence-corrected chi connectivity index (χ4v) is 0.604. The summed E-state index contributed by atoms with van der Waals surface area (Å²) in [6.45, 7) is 1.11. The van der Waals surface area contributed by atoms with Gasteiger partial charge in [-0.3, -0.25) is 0 Å². The number of rotatable bonds is 5. The van der Waals surface area contributed by atoms with Crippen LogP contribution in [0.1, 0.15) is 25.7 Å². The molecule has 0 rings (SSSR count). The number of hydrogen-bond acceptors (Lipinski definition) is 4. The summed E-state index contributed by atoms with van der Waals surface area (Å²) < 4.78 is 0. The van der Waals surface area contributed by atoms with E-state index in [1.165, 1.54) is 0 Å². The van der Waals surface area contributed by atoms with E-state index in [4.69, 9.17) is 11.5 Å². The average molecular weight is 643 g/mol. The van der Waals surface area contributed by atoms with Crippen molar-refractivity contribution in [3.63, 3.8) is 0 Å². The van der Waals surface area contributed by atoms with E-state index in [1.54, 1.807) is 0 Å². The zero-order chi connectivity index (χ0) is 6.24. The third kappa shape index (κ3) is 75.5. The van der Waals surface area contributed by atoms with Crippen LogP contribution in [0.25, 0.3) is 11.5 Å². The van der Waals surface area contributed by atoms with Crippen LogP contribution in [-0.4, -0.2) is 13.1 Å². The Balaban J connectivity index is -0.00000000875. The molecule has 0 aromatic carbocycles. The van der Waals surface area contributed by atoms with Crippen LogP contribution in [0.5, 0.6) is 0 Å². The van der Waals surface area contributed by atoms with E-state index in [0.29, 0.717) is 13.1 Å². The second-order valence-corrected chi connectivity index (χ2v) is 1.91. The van der Waals surface area contributed by atoms with Crippen molar-refractivity contribution in [1.82, 2.24) is 24.6 Å². The van der Waals surface area contributed by atoms with Crippen molar-refractivity contribution >= 4 is 0 Å². The molecule has 0 radical (unpaired) electrons. The molecule has 114 valence electrons. The summed E-state index contributed by atoms with van der Waals surface area (Å²) in [6.07, 6.45) is 4.31. The van der Waals surface area contributed by atoms with Crippen molar-refractivity contribution in [3.05, 3.63) is 11.5 Å². The predicted octanol–water partition coefficient (Wildman–Crippen LogP) is -2.70. The Morgan fingerprint density at radius 2 is 0.688 bits per heavy atom. The molecular formula is C6H26Cl2N6Pt2. The second kappa shape index (κ2) is 69.3. The first-order valence-electron chi connectivity index (χ1n) is 3.21. The van der Waals surface area contributed by atoms with Crippen LogP contribution < -0.4 is 49.4 Å². The maximum atomic E-state index is 6.79. The molecule has 0 amide bonds. The average Bonchev–Trinajstić information content (AvgIpc) is 1.81. The minimum absolute atomic E-state index is 0. The third-order valence-corrected chi connectivity index (χ3v) is 1.10. The van der Waals surface area contributed by atoms with E-state index in [9.17, 15) is 0 Å². The smallest absolute Gasteiger partial charge is 1.00 e. The van der Waals surface area contributed by atoms with Gasteiger partial charge >= 0.3 is 42.1 Å². The molecule has 0 aromatic rings. The van der Waals surface area contributed by atoms with Crippen molar-refractivity contribution in [1.29, 1.82) is 0 Å². The van der Waals surface area contributed by atoms with Gasteiger partial charge in [0.25, 0.3) is 0 Å². The topological polar surface area (TPSA) is 188 Å². The Bertz CT molecular complexity index is 54.0. The molecule has 0 aliphatic carbocycles. The van der Waals surface area contributed by atoms with Crippen LogP contribution >= 0.6 is 0 Å². The van der Waals surface area contributed by atoms with Gasteiger partial charge < -0.3 is 60.9 Å². The van der Waals surface area contributed by atoms with Crippen molar-refractivity contribution in [3.8, 4) is 0 Å². The van der Waals surface area contributed by atoms with Gasteiger partial charge in [0, 0.05) is 0 Å². The predicted molar refractivity (Wildman–Crippen MR) is 56.9 cm³/mol. The van der Waals surface area contributed by atoms with Crippen LogP contribution in [-0.2, 0) is 42.1 Å². The van der Waals surface area contributed by atoms with Crippen molar-refractivity contribution in [2.75, 3.05) is 13.1 Å². The fourth-order valence-electron chi connectivity index (χ4n) is 0.604. The number of halogens is 2. The molecule has 10 heteroatoms. The van der Waals surface area contributed by atoms with E-state index in [2.05, 4.69) is 0 Å². The molecular weight excluding hydrogens is 617 g/mol. The van der Waals surface area contributed by atoms with Gasteiger partial charge in [0.05, 0.1) is 0 Å². The summed E-state index contributed by atoms with van der Waals surface area (Å²) in [4.78, 5) is 0. The molecule has 16 heavy (non-hydrogen) atoms. The summed E-state index contributed by atoms with van der Waals surface area (Å²) >= 11 is 0. The summed E-state index contributed by atoms with van der Waals surface area (Å²) in [7, 11) is 0. The quantitative estimate of drug-likeness (QED) is 0.238. The third-order valence-electron chi connectivity index (χ3n) is 1.10. The summed E-state index contributed by atoms with van der Waals surface area (Å²) in [6, 6.07) is 0. The Morgan fingerprint density at radius 3 is 0.812 bits per heavy atom. The Morgan fingerprint density at radius 1 is 0.500 bits per heavy atom. The number of nitrogens with one attached hydrogen (secondary N) is 2. The zero-order valence-corrected chi connectivity index (χ0v) is 15.5. The molecule has 0 unspecified atom stereocenters. The first-order chi connectivity index (χ1) is 3.91. The van der Waals surface area contributed by atoms with Crippen LogP contribution in [0.4, 0.5) is 0 Å². The van der Waals surface area contributed by atoms with Crippen molar-refractivity contribution in [2.45, 2.75) is 25.7 Å². The standard InChI is InChI=1S/C6H14N2.2ClH.4H3N.2Pt/c7-5-3-1-2-4-6-8;;;;;;;;/h7-8H,1-6H2;2*1H;4*1H3;;/q-2;;;;;;;2*+2/p-2. The monoisotopic (exact) mass is 642 g/mol. The minimum Gasteiger partial charge on any atom is -1.00 e. The van der Waals surface area contributed by atoms with Crippen LogP contribution in [0.3, 0.4) is 0 Å². The maximum absolute atomic E-state index is 6.79. The molecule has 0 heterocycles. The molecule has 0 bridgehead atoms. The first-order valence-corrected chi connectivity index (χ1v) is 3.21. The van der Waals surface area contributed by atoms with Gasteiger partial charge in [0.1, 0.15) is 0 Å². The minimum atomic E-state index is 0. The van der Waals surface area contributed by atoms with Gasteiger partial charge in [0.2, 0.25) is 0 Å². The van der Waals surface area contributed by atoms with Gasteiger partial charge in [-0.05, 0) is 0 Å². The summed E-state index contributed by atoms with van der Waals surface area (Å²) in [5, 5.41) is 0. The van der Waals surface area contributed by atoms with Gasteiger partial charge in [0.15, 0.2) is 0 Å². The fraction of sp³-hybridized carbons (Fsp3) is 1.00. The molecule has 6 nitrogen and oxygen atoms in total. The summed E-state index contributed by atoms with van der Waals surface area (Å²) in [5.74, 6) is 0. The van der Waals surface area contributed by atoms with E-state index < -0.39 is 0 Å². The second-order valence-electron chi connectivity index (χ2n) is 1.91. The molecule has 0 saturated heterocycles. The van der Waals surface area contributed by atoms with Gasteiger partial charge in [-0.15, -0.1) is 0 Å². The summed E-state index contributed by atoms with van der Waals surface area (Å²) in [5.41, 5.74) is 13.6. The Labute approximate surface area is 141 Å². The Hall–Kier alpha value is 1.72. The molecule has 0 fully saturated rings. The van der Waals surface area contributed by atoms with E-state index in [0.717, 1.165) is 25.7 Å². The van der Waals surface area contributed by atoms with Crippen LogP contribution in [0.2, 0.25) is 0 Å². The van der Waals surface area contributed by atoms with Gasteiger partial charge in [-0.2, -0.15) is 13.1 Å². The first kappa shape index (κ1) is 65.2. The molecule has 0 saturated carbocycles. The largest absolute Gasteiger partial charge is 2.00 e. The molecule has 0 atom stereocenters. The van der Waals surface area contributed by atoms with Gasteiger partial charge in [-0.25, -0.2) is 0 Å². The van der Waals surface area contributed by atoms with Crippen molar-refractivity contribution < 1.29 is 66.9 Å². The molecule has 0 aromatic heterocycles. The van der Waals surface area contributed by atoms with Crippen LogP contribution in [0.15, 0.2) is 0 Å². The molecule has 0 spiro atoms. The number of unbranched alkanes of at least 4 members (excludes halogenated alkanes) is 3. The molecule has 0 aliphatic rings. The maximum Gasteiger partial charge on any atom is 2.00 e. The number of hydrogen-bond donors (Lipinski definition) is 4. The normalized spacial score (nSPS) is 4.88. The van der Waals surface area contributed by atoms with E-state index in [-0.39, 0.29) is 91.5 Å². The molecule has 0 aliphatic heterocycles. The van der Waals surface area contributed by atoms with Crippen LogP contribution in [0, 0.1) is 0 Å². The van der Waals surface area contributed by atoms with Gasteiger partial charge in [-0.1, -0.05) is 25.7 Å². The zero-order valence-electron chi connectivity index (χ0n) is 9.46. The van der Waals surface area contributed by atoms with E-state index >= 15 is 0 Å².